The van der Waals surface area contributed by atoms with Crippen molar-refractivity contribution in [3.8, 4) is 0 Å². The van der Waals surface area contributed by atoms with Crippen molar-refractivity contribution in [2.45, 2.75) is 0 Å². The van der Waals surface area contributed by atoms with Gasteiger partial charge in [-0.25, -0.2) is 0 Å². The molecule has 21 heavy (non-hydrogen) atoms. The Morgan fingerprint density at radius 1 is 0.667 bits per heavy atom. The topological polar surface area (TPSA) is 30.2 Å². The van der Waals surface area contributed by atoms with Crippen molar-refractivity contribution in [1.29, 1.82) is 0 Å². The van der Waals surface area contributed by atoms with Crippen molar-refractivity contribution < 1.29 is 9.21 Å². The molecular formula is C19H14O2. The summed E-state index contributed by atoms with van der Waals surface area (Å²) in [6.07, 6.45) is 4.16. The summed E-state index contributed by atoms with van der Waals surface area (Å²) in [6.45, 7) is 0. The van der Waals surface area contributed by atoms with E-state index in [9.17, 15) is 4.79 Å². The monoisotopic (exact) mass is 274 g/mol. The molecule has 0 N–H and O–H groups in total. The van der Waals surface area contributed by atoms with Crippen LogP contribution in [0.15, 0.2) is 83.7 Å². The summed E-state index contributed by atoms with van der Waals surface area (Å²) in [5.41, 5.74) is 0.753. The van der Waals surface area contributed by atoms with Gasteiger partial charge in [0.1, 0.15) is 0 Å². The second-order valence-electron chi connectivity index (χ2n) is 4.64. The largest absolute Gasteiger partial charge is 0.473 e. The average molecular weight is 274 g/mol. The van der Waals surface area contributed by atoms with E-state index in [1.165, 1.54) is 10.8 Å². The number of furan rings is 1. The molecule has 2 nitrogen and oxygen atoms in total. The van der Waals surface area contributed by atoms with Crippen LogP contribution in [0, 0.1) is 0 Å². The van der Waals surface area contributed by atoms with Crippen LogP contribution in [-0.2, 0) is 0 Å². The van der Waals surface area contributed by atoms with E-state index in [-0.39, 0.29) is 0 Å². The van der Waals surface area contributed by atoms with Gasteiger partial charge < -0.3 is 4.42 Å². The van der Waals surface area contributed by atoms with Crippen molar-refractivity contribution in [2.24, 2.45) is 0 Å². The lowest BCUT2D eigenvalue weighted by Crippen LogP contribution is -1.84. The van der Waals surface area contributed by atoms with E-state index < -0.39 is 0 Å². The highest BCUT2D eigenvalue weighted by Gasteiger charge is 2.02. The lowest BCUT2D eigenvalue weighted by Gasteiger charge is -2.05. The van der Waals surface area contributed by atoms with Crippen LogP contribution >= 0.6 is 0 Å². The molecule has 1 heterocycles. The van der Waals surface area contributed by atoms with Crippen molar-refractivity contribution in [3.63, 3.8) is 0 Å². The molecule has 3 aromatic carbocycles. The SMILES string of the molecule is O=Cc1cccc2c1ccc1ccccc12.c1ccoc1. The Labute approximate surface area is 122 Å². The Kier molecular flexibility index (Phi) is 3.79. The molecule has 0 radical (unpaired) electrons. The molecule has 0 spiro atoms. The molecule has 0 saturated heterocycles. The standard InChI is InChI=1S/C15H10O.C4H4O/c16-10-12-5-3-7-15-13-6-2-1-4-11(13)8-9-14(12)15;1-2-4-5-3-1/h1-10H;1-4H. The van der Waals surface area contributed by atoms with Gasteiger partial charge in [0.25, 0.3) is 0 Å². The van der Waals surface area contributed by atoms with Gasteiger partial charge in [0.05, 0.1) is 12.5 Å². The molecule has 0 unspecified atom stereocenters. The molecule has 0 atom stereocenters. The summed E-state index contributed by atoms with van der Waals surface area (Å²) < 4.78 is 4.58. The van der Waals surface area contributed by atoms with E-state index in [1.54, 1.807) is 12.5 Å². The van der Waals surface area contributed by atoms with Crippen LogP contribution in [0.4, 0.5) is 0 Å². The van der Waals surface area contributed by atoms with Crippen molar-refractivity contribution >= 4 is 27.8 Å². The second-order valence-corrected chi connectivity index (χ2v) is 4.64. The Bertz CT molecular complexity index is 844. The number of carbonyl (C=O) groups is 1. The van der Waals surface area contributed by atoms with Crippen LogP contribution in [0.25, 0.3) is 21.5 Å². The molecular weight excluding hydrogens is 260 g/mol. The smallest absolute Gasteiger partial charge is 0.150 e. The maximum atomic E-state index is 11.0. The van der Waals surface area contributed by atoms with Gasteiger partial charge in [-0.1, -0.05) is 54.6 Å². The predicted octanol–water partition coefficient (Wildman–Crippen LogP) is 5.09. The number of hydrogen-bond donors (Lipinski definition) is 0. The first-order valence-corrected chi connectivity index (χ1v) is 6.73. The zero-order chi connectivity index (χ0) is 14.5. The highest BCUT2D eigenvalue weighted by Crippen LogP contribution is 2.26. The van der Waals surface area contributed by atoms with Gasteiger partial charge >= 0.3 is 0 Å². The average Bonchev–Trinajstić information content (AvgIpc) is 3.14. The summed E-state index contributed by atoms with van der Waals surface area (Å²) in [7, 11) is 0. The zero-order valence-electron chi connectivity index (χ0n) is 11.4. The van der Waals surface area contributed by atoms with Gasteiger partial charge in [-0.3, -0.25) is 4.79 Å². The maximum Gasteiger partial charge on any atom is 0.150 e. The minimum atomic E-state index is 0.753. The minimum absolute atomic E-state index is 0.753. The van der Waals surface area contributed by atoms with Gasteiger partial charge in [0, 0.05) is 5.56 Å². The second kappa shape index (κ2) is 6.06. The number of aldehydes is 1. The lowest BCUT2D eigenvalue weighted by atomic mass is 9.99. The molecule has 2 heteroatoms. The van der Waals surface area contributed by atoms with Crippen LogP contribution in [-0.4, -0.2) is 6.29 Å². The van der Waals surface area contributed by atoms with E-state index in [4.69, 9.17) is 0 Å². The summed E-state index contributed by atoms with van der Waals surface area (Å²) >= 11 is 0. The third-order valence-corrected chi connectivity index (χ3v) is 3.37. The van der Waals surface area contributed by atoms with Crippen LogP contribution in [0.5, 0.6) is 0 Å². The molecule has 1 aromatic heterocycles. The fourth-order valence-corrected chi connectivity index (χ4v) is 2.39. The predicted molar refractivity (Wildman–Crippen MR) is 85.5 cm³/mol. The third-order valence-electron chi connectivity index (χ3n) is 3.37. The molecule has 0 aliphatic heterocycles. The van der Waals surface area contributed by atoms with Gasteiger partial charge in [-0.05, 0) is 33.7 Å². The van der Waals surface area contributed by atoms with Gasteiger partial charge in [0.15, 0.2) is 6.29 Å². The van der Waals surface area contributed by atoms with Crippen LogP contribution in [0.2, 0.25) is 0 Å². The van der Waals surface area contributed by atoms with Crippen LogP contribution in [0.3, 0.4) is 0 Å². The van der Waals surface area contributed by atoms with E-state index >= 15 is 0 Å². The molecule has 4 rings (SSSR count). The Balaban J connectivity index is 0.000000225. The third kappa shape index (κ3) is 2.70. The summed E-state index contributed by atoms with van der Waals surface area (Å²) in [5.74, 6) is 0. The molecule has 0 bridgehead atoms. The van der Waals surface area contributed by atoms with Crippen LogP contribution < -0.4 is 0 Å². The van der Waals surface area contributed by atoms with Crippen LogP contribution in [0.1, 0.15) is 10.4 Å². The molecule has 0 aliphatic carbocycles. The number of carbonyl (C=O) groups excluding carboxylic acids is 1. The maximum absolute atomic E-state index is 11.0. The normalized spacial score (nSPS) is 10.1. The first-order valence-electron chi connectivity index (χ1n) is 6.73. The van der Waals surface area contributed by atoms with Gasteiger partial charge in [0.2, 0.25) is 0 Å². The van der Waals surface area contributed by atoms with Crippen molar-refractivity contribution in [2.75, 3.05) is 0 Å². The highest BCUT2D eigenvalue weighted by molar-refractivity contribution is 6.11. The lowest BCUT2D eigenvalue weighted by molar-refractivity contribution is 0.112. The van der Waals surface area contributed by atoms with Gasteiger partial charge in [-0.2, -0.15) is 0 Å². The minimum Gasteiger partial charge on any atom is -0.473 e. The fourth-order valence-electron chi connectivity index (χ4n) is 2.39. The molecule has 0 aliphatic rings. The van der Waals surface area contributed by atoms with E-state index in [2.05, 4.69) is 28.7 Å². The van der Waals surface area contributed by atoms with E-state index in [1.807, 2.05) is 42.5 Å². The number of rotatable bonds is 1. The molecule has 0 saturated carbocycles. The Morgan fingerprint density at radius 3 is 2.14 bits per heavy atom. The van der Waals surface area contributed by atoms with E-state index in [0.29, 0.717) is 0 Å². The highest BCUT2D eigenvalue weighted by atomic mass is 16.3. The molecule has 102 valence electrons. The number of fused-ring (bicyclic) bond motifs is 3. The zero-order valence-corrected chi connectivity index (χ0v) is 11.4. The van der Waals surface area contributed by atoms with E-state index in [0.717, 1.165) is 22.6 Å². The van der Waals surface area contributed by atoms with Crippen molar-refractivity contribution in [1.82, 2.24) is 0 Å². The first-order chi connectivity index (χ1) is 10.4. The first kappa shape index (κ1) is 13.1. The summed E-state index contributed by atoms with van der Waals surface area (Å²) in [4.78, 5) is 11.0. The molecule has 0 amide bonds. The molecule has 0 fully saturated rings. The van der Waals surface area contributed by atoms with Gasteiger partial charge in [-0.15, -0.1) is 0 Å². The van der Waals surface area contributed by atoms with Crippen molar-refractivity contribution in [3.05, 3.63) is 84.8 Å². The quantitative estimate of drug-likeness (QED) is 0.357. The number of benzene rings is 3. The summed E-state index contributed by atoms with van der Waals surface area (Å²) in [6, 6.07) is 21.8. The Hall–Kier alpha value is -2.87. The fraction of sp³-hybridized carbons (Fsp3) is 0. The Morgan fingerprint density at radius 2 is 1.43 bits per heavy atom. The molecule has 4 aromatic rings. The summed E-state index contributed by atoms with van der Waals surface area (Å²) in [5, 5.41) is 4.57. The number of hydrogen-bond acceptors (Lipinski definition) is 2.